The summed E-state index contributed by atoms with van der Waals surface area (Å²) >= 11 is 0. The Labute approximate surface area is 568 Å². The van der Waals surface area contributed by atoms with Crippen molar-refractivity contribution < 1.29 is 80.2 Å². The largest absolute Gasteiger partial charge is 0.472 e. The number of phosphoric acid groups is 2. The summed E-state index contributed by atoms with van der Waals surface area (Å²) in [7, 11) is -9.91. The molecule has 17 nitrogen and oxygen atoms in total. The molecule has 0 fully saturated rings. The van der Waals surface area contributed by atoms with Crippen LogP contribution in [0.5, 0.6) is 0 Å². The fourth-order valence-corrected chi connectivity index (χ4v) is 12.8. The van der Waals surface area contributed by atoms with E-state index in [2.05, 4.69) is 48.5 Å². The van der Waals surface area contributed by atoms with Gasteiger partial charge in [-0.3, -0.25) is 37.3 Å². The van der Waals surface area contributed by atoms with E-state index in [1.165, 1.54) is 180 Å². The van der Waals surface area contributed by atoms with Crippen LogP contribution in [0, 0.1) is 17.8 Å². The van der Waals surface area contributed by atoms with Crippen LogP contribution in [0.1, 0.15) is 376 Å². The van der Waals surface area contributed by atoms with Gasteiger partial charge < -0.3 is 33.8 Å². The average Bonchev–Trinajstić information content (AvgIpc) is 1.70. The van der Waals surface area contributed by atoms with Crippen LogP contribution in [0.25, 0.3) is 0 Å². The Balaban J connectivity index is 5.24. The standard InChI is InChI=1S/C74H144O17P2/c1-8-11-12-13-14-15-16-17-18-19-20-23-27-30-33-43-50-57-73(78)90-69(61-84-71(76)55-48-41-32-29-26-24-21-22-25-28-31-38-45-52-65(4)5)63-88-92(80,81)86-59-68(75)60-87-93(82,83)89-64-70(91-74(79)58-51-44-37-35-40-47-54-67(7)10-3)62-85-72(77)56-49-42-36-34-39-46-53-66(6)9-2/h65-70,75H,8-64H2,1-7H3,(H,80,81)(H,82,83)/t66?,67?,68-,69-,70-/m1/s1. The van der Waals surface area contributed by atoms with Crippen molar-refractivity contribution in [2.75, 3.05) is 39.6 Å². The van der Waals surface area contributed by atoms with E-state index in [0.29, 0.717) is 25.7 Å². The van der Waals surface area contributed by atoms with Gasteiger partial charge in [0.1, 0.15) is 19.3 Å². The van der Waals surface area contributed by atoms with Gasteiger partial charge in [-0.15, -0.1) is 0 Å². The summed E-state index contributed by atoms with van der Waals surface area (Å²) in [5.74, 6) is 0.118. The van der Waals surface area contributed by atoms with E-state index in [4.69, 9.17) is 37.0 Å². The molecule has 0 radical (unpaired) electrons. The normalized spacial score (nSPS) is 14.7. The fraction of sp³-hybridized carbons (Fsp3) is 0.946. The maximum absolute atomic E-state index is 13.1. The van der Waals surface area contributed by atoms with Crippen molar-refractivity contribution in [2.45, 2.75) is 394 Å². The fourth-order valence-electron chi connectivity index (χ4n) is 11.2. The number of rotatable bonds is 72. The Kier molecular flexibility index (Phi) is 63.4. The number of carbonyl (C=O) groups excluding carboxylic acids is 4. The van der Waals surface area contributed by atoms with Gasteiger partial charge >= 0.3 is 39.5 Å². The topological polar surface area (TPSA) is 237 Å². The number of unbranched alkanes of at least 4 members (excludes halogenated alkanes) is 38. The summed E-state index contributed by atoms with van der Waals surface area (Å²) in [6, 6.07) is 0. The molecule has 0 saturated heterocycles. The van der Waals surface area contributed by atoms with Crippen LogP contribution in [0.2, 0.25) is 0 Å². The van der Waals surface area contributed by atoms with E-state index < -0.39 is 97.5 Å². The summed E-state index contributed by atoms with van der Waals surface area (Å²) in [5.41, 5.74) is 0. The van der Waals surface area contributed by atoms with E-state index in [9.17, 15) is 43.2 Å². The smallest absolute Gasteiger partial charge is 0.462 e. The molecule has 0 rings (SSSR count). The van der Waals surface area contributed by atoms with Gasteiger partial charge in [-0.1, -0.05) is 325 Å². The molecule has 3 N–H and O–H groups in total. The zero-order chi connectivity index (χ0) is 68.7. The van der Waals surface area contributed by atoms with Crippen molar-refractivity contribution in [1.29, 1.82) is 0 Å². The number of aliphatic hydroxyl groups is 1. The molecule has 93 heavy (non-hydrogen) atoms. The second-order valence-corrected chi connectivity index (χ2v) is 30.6. The quantitative estimate of drug-likeness (QED) is 0.0222. The van der Waals surface area contributed by atoms with Crippen LogP contribution < -0.4 is 0 Å². The SMILES string of the molecule is CCCCCCCCCCCCCCCCCCCC(=O)O[C@H](COC(=O)CCCCCCCCCCCCCCCC(C)C)COP(=O)(O)OC[C@@H](O)COP(=O)(O)OC[C@@H](COC(=O)CCCCCCCCC(C)CC)OC(=O)CCCCCCCCC(C)CC. The molecule has 0 aromatic heterocycles. The third-order valence-corrected chi connectivity index (χ3v) is 19.8. The van der Waals surface area contributed by atoms with Gasteiger partial charge in [0.25, 0.3) is 0 Å². The third-order valence-electron chi connectivity index (χ3n) is 17.9. The van der Waals surface area contributed by atoms with Crippen molar-refractivity contribution in [1.82, 2.24) is 0 Å². The minimum atomic E-state index is -4.96. The molecule has 7 atom stereocenters. The van der Waals surface area contributed by atoms with Crippen LogP contribution in [-0.4, -0.2) is 96.7 Å². The van der Waals surface area contributed by atoms with Crippen LogP contribution in [0.15, 0.2) is 0 Å². The van der Waals surface area contributed by atoms with Crippen molar-refractivity contribution >= 4 is 39.5 Å². The predicted molar refractivity (Wildman–Crippen MR) is 377 cm³/mol. The maximum atomic E-state index is 13.1. The van der Waals surface area contributed by atoms with Gasteiger partial charge in [0.15, 0.2) is 12.2 Å². The van der Waals surface area contributed by atoms with Crippen LogP contribution >= 0.6 is 15.6 Å². The number of phosphoric ester groups is 2. The van der Waals surface area contributed by atoms with Crippen LogP contribution in [0.4, 0.5) is 0 Å². The van der Waals surface area contributed by atoms with Crippen molar-refractivity contribution in [3.63, 3.8) is 0 Å². The van der Waals surface area contributed by atoms with Gasteiger partial charge in [-0.25, -0.2) is 9.13 Å². The number of carbonyl (C=O) groups is 4. The van der Waals surface area contributed by atoms with Crippen molar-refractivity contribution in [3.05, 3.63) is 0 Å². The van der Waals surface area contributed by atoms with Crippen LogP contribution in [0.3, 0.4) is 0 Å². The number of hydrogen-bond acceptors (Lipinski definition) is 15. The molecule has 0 aliphatic heterocycles. The molecule has 0 spiro atoms. The lowest BCUT2D eigenvalue weighted by molar-refractivity contribution is -0.161. The summed E-state index contributed by atoms with van der Waals surface area (Å²) in [4.78, 5) is 72.7. The Hall–Kier alpha value is -1.94. The molecule has 0 aromatic rings. The monoisotopic (exact) mass is 1370 g/mol. The second-order valence-electron chi connectivity index (χ2n) is 27.6. The highest BCUT2D eigenvalue weighted by Crippen LogP contribution is 2.45. The first kappa shape index (κ1) is 91.1. The molecular weight excluding hydrogens is 1220 g/mol. The predicted octanol–water partition coefficient (Wildman–Crippen LogP) is 21.4. The van der Waals surface area contributed by atoms with E-state index in [1.54, 1.807) is 0 Å². The highest BCUT2D eigenvalue weighted by Gasteiger charge is 2.30. The molecule has 0 aliphatic rings. The Morgan fingerprint density at radius 1 is 0.312 bits per heavy atom. The lowest BCUT2D eigenvalue weighted by atomic mass is 10.00. The second kappa shape index (κ2) is 64.7. The van der Waals surface area contributed by atoms with E-state index in [-0.39, 0.29) is 25.7 Å². The first-order valence-electron chi connectivity index (χ1n) is 38.4. The van der Waals surface area contributed by atoms with E-state index in [0.717, 1.165) is 114 Å². The van der Waals surface area contributed by atoms with Gasteiger partial charge in [-0.2, -0.15) is 0 Å². The highest BCUT2D eigenvalue weighted by atomic mass is 31.2. The summed E-state index contributed by atoms with van der Waals surface area (Å²) in [5, 5.41) is 10.6. The zero-order valence-corrected chi connectivity index (χ0v) is 62.5. The van der Waals surface area contributed by atoms with Gasteiger partial charge in [0.2, 0.25) is 0 Å². The maximum Gasteiger partial charge on any atom is 0.472 e. The van der Waals surface area contributed by atoms with Crippen molar-refractivity contribution in [2.24, 2.45) is 17.8 Å². The highest BCUT2D eigenvalue weighted by molar-refractivity contribution is 7.47. The zero-order valence-electron chi connectivity index (χ0n) is 60.7. The molecule has 0 aromatic carbocycles. The Morgan fingerprint density at radius 3 is 0.817 bits per heavy atom. The first-order chi connectivity index (χ1) is 44.8. The average molecular weight is 1370 g/mol. The summed E-state index contributed by atoms with van der Waals surface area (Å²) < 4.78 is 68.4. The number of aliphatic hydroxyl groups excluding tert-OH is 1. The molecule has 19 heteroatoms. The van der Waals surface area contributed by atoms with Gasteiger partial charge in [0, 0.05) is 25.7 Å². The van der Waals surface area contributed by atoms with Crippen LogP contribution in [-0.2, 0) is 65.4 Å². The number of hydrogen-bond donors (Lipinski definition) is 3. The third kappa shape index (κ3) is 65.8. The lowest BCUT2D eigenvalue weighted by Gasteiger charge is -2.21. The summed E-state index contributed by atoms with van der Waals surface area (Å²) in [6.07, 6.45) is 50.1. The molecule has 0 bridgehead atoms. The van der Waals surface area contributed by atoms with E-state index in [1.807, 2.05) is 0 Å². The summed E-state index contributed by atoms with van der Waals surface area (Å²) in [6.45, 7) is 11.8. The lowest BCUT2D eigenvalue weighted by Crippen LogP contribution is -2.30. The van der Waals surface area contributed by atoms with E-state index >= 15 is 0 Å². The molecular formula is C74H144O17P2. The minimum absolute atomic E-state index is 0.102. The molecule has 0 amide bonds. The molecule has 0 saturated carbocycles. The molecule has 0 heterocycles. The number of ether oxygens (including phenoxy) is 4. The number of esters is 4. The Morgan fingerprint density at radius 2 is 0.548 bits per heavy atom. The molecule has 0 aliphatic carbocycles. The van der Waals surface area contributed by atoms with Gasteiger partial charge in [0.05, 0.1) is 26.4 Å². The minimum Gasteiger partial charge on any atom is -0.462 e. The molecule has 4 unspecified atom stereocenters. The van der Waals surface area contributed by atoms with Gasteiger partial charge in [-0.05, 0) is 43.4 Å². The Bertz CT molecular complexity index is 1820. The van der Waals surface area contributed by atoms with Crippen molar-refractivity contribution in [3.8, 4) is 0 Å². The first-order valence-corrected chi connectivity index (χ1v) is 41.4. The molecule has 552 valence electrons.